The Bertz CT molecular complexity index is 358. The molecule has 0 bridgehead atoms. The highest BCUT2D eigenvalue weighted by molar-refractivity contribution is 7.15. The second kappa shape index (κ2) is 5.31. The van der Waals surface area contributed by atoms with Crippen LogP contribution in [-0.4, -0.2) is 27.4 Å². The van der Waals surface area contributed by atoms with Crippen LogP contribution in [0.3, 0.4) is 0 Å². The number of rotatable bonds is 4. The maximum Gasteiger partial charge on any atom is 0.205 e. The van der Waals surface area contributed by atoms with Crippen LogP contribution in [0.4, 0.5) is 5.13 Å². The van der Waals surface area contributed by atoms with E-state index < -0.39 is 5.60 Å². The highest BCUT2D eigenvalue weighted by Crippen LogP contribution is 2.33. The van der Waals surface area contributed by atoms with Crippen molar-refractivity contribution < 1.29 is 5.11 Å². The third-order valence-electron chi connectivity index (χ3n) is 3.71. The molecule has 0 saturated heterocycles. The number of nitrogens with one attached hydrogen (secondary N) is 1. The predicted molar refractivity (Wildman–Crippen MR) is 70.3 cm³/mol. The first kappa shape index (κ1) is 12.8. The van der Waals surface area contributed by atoms with E-state index in [9.17, 15) is 5.11 Å². The Morgan fingerprint density at radius 1 is 1.41 bits per heavy atom. The number of nitrogens with zero attached hydrogens (tertiary/aromatic N) is 2. The molecule has 2 N–H and O–H groups in total. The fraction of sp³-hybridized carbons (Fsp3) is 0.833. The largest absolute Gasteiger partial charge is 0.388 e. The van der Waals surface area contributed by atoms with Gasteiger partial charge in [0, 0.05) is 6.54 Å². The molecule has 96 valence electrons. The fourth-order valence-electron chi connectivity index (χ4n) is 2.41. The summed E-state index contributed by atoms with van der Waals surface area (Å²) < 4.78 is 0. The standard InChI is InChI=1S/C12H21N3OS/c1-3-10-4-6-12(16,7-5-10)8-13-11-15-14-9(2)17-11/h10,16H,3-8H2,1-2H3,(H,13,15). The van der Waals surface area contributed by atoms with Crippen LogP contribution in [0.5, 0.6) is 0 Å². The molecule has 4 nitrogen and oxygen atoms in total. The van der Waals surface area contributed by atoms with E-state index in [1.54, 1.807) is 0 Å². The third kappa shape index (κ3) is 3.39. The van der Waals surface area contributed by atoms with Crippen LogP contribution in [0.2, 0.25) is 0 Å². The van der Waals surface area contributed by atoms with Crippen molar-refractivity contribution in [1.29, 1.82) is 0 Å². The Kier molecular flexibility index (Phi) is 3.99. The zero-order valence-corrected chi connectivity index (χ0v) is 11.4. The first-order chi connectivity index (χ1) is 8.11. The summed E-state index contributed by atoms with van der Waals surface area (Å²) in [5.74, 6) is 0.805. The van der Waals surface area contributed by atoms with Crippen LogP contribution in [-0.2, 0) is 0 Å². The lowest BCUT2D eigenvalue weighted by atomic mass is 9.78. The van der Waals surface area contributed by atoms with Crippen molar-refractivity contribution in [1.82, 2.24) is 10.2 Å². The molecule has 0 aliphatic heterocycles. The van der Waals surface area contributed by atoms with Crippen molar-refractivity contribution in [3.63, 3.8) is 0 Å². The van der Waals surface area contributed by atoms with Gasteiger partial charge in [-0.15, -0.1) is 10.2 Å². The van der Waals surface area contributed by atoms with Crippen molar-refractivity contribution in [2.24, 2.45) is 5.92 Å². The van der Waals surface area contributed by atoms with Gasteiger partial charge in [-0.1, -0.05) is 24.7 Å². The van der Waals surface area contributed by atoms with Crippen molar-refractivity contribution in [3.05, 3.63) is 5.01 Å². The van der Waals surface area contributed by atoms with Crippen LogP contribution in [0, 0.1) is 12.8 Å². The van der Waals surface area contributed by atoms with E-state index in [2.05, 4.69) is 22.4 Å². The fourth-order valence-corrected chi connectivity index (χ4v) is 3.00. The summed E-state index contributed by atoms with van der Waals surface area (Å²) in [5.41, 5.74) is -0.550. The normalized spacial score (nSPS) is 29.2. The molecule has 1 fully saturated rings. The molecule has 1 saturated carbocycles. The highest BCUT2D eigenvalue weighted by Gasteiger charge is 2.32. The van der Waals surface area contributed by atoms with Crippen LogP contribution in [0.25, 0.3) is 0 Å². The molecule has 17 heavy (non-hydrogen) atoms. The number of aliphatic hydroxyl groups is 1. The molecule has 1 aliphatic carbocycles. The van der Waals surface area contributed by atoms with Gasteiger partial charge in [0.15, 0.2) is 0 Å². The molecule has 1 heterocycles. The number of hydrogen-bond donors (Lipinski definition) is 2. The van der Waals surface area contributed by atoms with Gasteiger partial charge < -0.3 is 10.4 Å². The van der Waals surface area contributed by atoms with Crippen molar-refractivity contribution in [3.8, 4) is 0 Å². The lowest BCUT2D eigenvalue weighted by Gasteiger charge is -2.35. The molecule has 1 aromatic rings. The summed E-state index contributed by atoms with van der Waals surface area (Å²) in [4.78, 5) is 0. The van der Waals surface area contributed by atoms with Gasteiger partial charge in [-0.2, -0.15) is 0 Å². The van der Waals surface area contributed by atoms with Gasteiger partial charge in [-0.05, 0) is 38.5 Å². The first-order valence-corrected chi connectivity index (χ1v) is 7.19. The van der Waals surface area contributed by atoms with Gasteiger partial charge in [-0.3, -0.25) is 0 Å². The van der Waals surface area contributed by atoms with E-state index >= 15 is 0 Å². The molecule has 0 spiro atoms. The van der Waals surface area contributed by atoms with Gasteiger partial charge in [-0.25, -0.2) is 0 Å². The Balaban J connectivity index is 1.82. The monoisotopic (exact) mass is 255 g/mol. The summed E-state index contributed by atoms with van der Waals surface area (Å²) in [6.07, 6.45) is 5.32. The van der Waals surface area contributed by atoms with Gasteiger partial charge >= 0.3 is 0 Å². The molecule has 0 aromatic carbocycles. The molecule has 5 heteroatoms. The topological polar surface area (TPSA) is 58.0 Å². The second-order valence-electron chi connectivity index (χ2n) is 5.06. The minimum Gasteiger partial charge on any atom is -0.388 e. The molecular weight excluding hydrogens is 234 g/mol. The highest BCUT2D eigenvalue weighted by atomic mass is 32.1. The predicted octanol–water partition coefficient (Wildman–Crippen LogP) is 2.59. The summed E-state index contributed by atoms with van der Waals surface area (Å²) in [6.45, 7) is 4.76. The summed E-state index contributed by atoms with van der Waals surface area (Å²) in [6, 6.07) is 0. The Morgan fingerprint density at radius 3 is 2.65 bits per heavy atom. The van der Waals surface area contributed by atoms with E-state index in [1.807, 2.05) is 6.92 Å². The molecule has 0 atom stereocenters. The van der Waals surface area contributed by atoms with Crippen molar-refractivity contribution in [2.75, 3.05) is 11.9 Å². The number of anilines is 1. The average Bonchev–Trinajstić information content (AvgIpc) is 2.74. The van der Waals surface area contributed by atoms with Crippen LogP contribution >= 0.6 is 11.3 Å². The maximum atomic E-state index is 10.4. The van der Waals surface area contributed by atoms with Gasteiger partial charge in [0.1, 0.15) is 5.01 Å². The van der Waals surface area contributed by atoms with E-state index in [1.165, 1.54) is 17.8 Å². The van der Waals surface area contributed by atoms with Crippen LogP contribution in [0.15, 0.2) is 0 Å². The zero-order valence-electron chi connectivity index (χ0n) is 10.6. The van der Waals surface area contributed by atoms with Gasteiger partial charge in [0.25, 0.3) is 0 Å². The molecule has 0 amide bonds. The third-order valence-corrected chi connectivity index (χ3v) is 4.50. The average molecular weight is 255 g/mol. The quantitative estimate of drug-likeness (QED) is 0.868. The van der Waals surface area contributed by atoms with E-state index in [-0.39, 0.29) is 0 Å². The number of aromatic nitrogens is 2. The van der Waals surface area contributed by atoms with E-state index in [0.717, 1.165) is 41.7 Å². The smallest absolute Gasteiger partial charge is 0.205 e. The van der Waals surface area contributed by atoms with Crippen molar-refractivity contribution >= 4 is 16.5 Å². The Labute approximate surface area is 106 Å². The SMILES string of the molecule is CCC1CCC(O)(CNc2nnc(C)s2)CC1. The Morgan fingerprint density at radius 2 is 2.12 bits per heavy atom. The first-order valence-electron chi connectivity index (χ1n) is 6.38. The molecule has 1 aromatic heterocycles. The molecule has 0 radical (unpaired) electrons. The van der Waals surface area contributed by atoms with Gasteiger partial charge in [0.2, 0.25) is 5.13 Å². The Hall–Kier alpha value is -0.680. The molecule has 1 aliphatic rings. The van der Waals surface area contributed by atoms with Crippen molar-refractivity contribution in [2.45, 2.75) is 51.6 Å². The second-order valence-corrected chi connectivity index (χ2v) is 6.24. The molecule has 0 unspecified atom stereocenters. The molecule has 2 rings (SSSR count). The van der Waals surface area contributed by atoms with Gasteiger partial charge in [0.05, 0.1) is 5.60 Å². The van der Waals surface area contributed by atoms with E-state index in [0.29, 0.717) is 6.54 Å². The summed E-state index contributed by atoms with van der Waals surface area (Å²) in [7, 11) is 0. The van der Waals surface area contributed by atoms with E-state index in [4.69, 9.17) is 0 Å². The van der Waals surface area contributed by atoms with Crippen LogP contribution < -0.4 is 5.32 Å². The lowest BCUT2D eigenvalue weighted by Crippen LogP contribution is -2.40. The molecular formula is C12H21N3OS. The summed E-state index contributed by atoms with van der Waals surface area (Å²) >= 11 is 1.54. The minimum absolute atomic E-state index is 0.550. The number of hydrogen-bond acceptors (Lipinski definition) is 5. The lowest BCUT2D eigenvalue weighted by molar-refractivity contribution is 0.00228. The maximum absolute atomic E-state index is 10.4. The number of aryl methyl sites for hydroxylation is 1. The zero-order chi connectivity index (χ0) is 12.3. The minimum atomic E-state index is -0.550. The van der Waals surface area contributed by atoms with Crippen LogP contribution in [0.1, 0.15) is 44.0 Å². The summed E-state index contributed by atoms with van der Waals surface area (Å²) in [5, 5.41) is 23.4.